The average Bonchev–Trinajstić information content (AvgIpc) is 2.97. The average molecular weight is 321 g/mol. The van der Waals surface area contributed by atoms with Crippen LogP contribution in [0.1, 0.15) is 24.2 Å². The Labute approximate surface area is 135 Å². The molecule has 0 bridgehead atoms. The highest BCUT2D eigenvalue weighted by Crippen LogP contribution is 2.09. The minimum absolute atomic E-state index is 0.583. The molecule has 0 unspecified atom stereocenters. The van der Waals surface area contributed by atoms with Crippen molar-refractivity contribution in [2.75, 3.05) is 20.1 Å². The molecule has 118 valence electrons. The van der Waals surface area contributed by atoms with Gasteiger partial charge in [-0.2, -0.15) is 0 Å². The smallest absolute Gasteiger partial charge is 0.0965 e. The van der Waals surface area contributed by atoms with Gasteiger partial charge in [0.05, 0.1) is 29.2 Å². The lowest BCUT2D eigenvalue weighted by atomic mass is 10.1. The molecule has 0 amide bonds. The van der Waals surface area contributed by atoms with Crippen LogP contribution in [0.3, 0.4) is 0 Å². The van der Waals surface area contributed by atoms with E-state index in [1.807, 2.05) is 23.0 Å². The van der Waals surface area contributed by atoms with E-state index in [-0.39, 0.29) is 0 Å². The molecule has 3 heterocycles. The van der Waals surface area contributed by atoms with E-state index in [0.29, 0.717) is 17.6 Å². The third kappa shape index (κ3) is 4.25. The SMILES string of the molecule is CN1CCC(NCc2cn(Cc3ccc(Cl)cn3)nn2)CC1. The van der Waals surface area contributed by atoms with Crippen molar-refractivity contribution in [3.05, 3.63) is 40.9 Å². The number of hydrogen-bond donors (Lipinski definition) is 1. The summed E-state index contributed by atoms with van der Waals surface area (Å²) in [6, 6.07) is 4.32. The van der Waals surface area contributed by atoms with Crippen LogP contribution in [0, 0.1) is 0 Å². The molecule has 1 saturated heterocycles. The molecule has 0 spiro atoms. The summed E-state index contributed by atoms with van der Waals surface area (Å²) in [5, 5.41) is 12.6. The molecule has 1 fully saturated rings. The van der Waals surface area contributed by atoms with Crippen LogP contribution in [-0.4, -0.2) is 51.1 Å². The van der Waals surface area contributed by atoms with Crippen molar-refractivity contribution in [3.63, 3.8) is 0 Å². The highest BCUT2D eigenvalue weighted by molar-refractivity contribution is 6.30. The van der Waals surface area contributed by atoms with E-state index in [0.717, 1.165) is 31.0 Å². The second-order valence-electron chi connectivity index (χ2n) is 5.83. The predicted octanol–water partition coefficient (Wildman–Crippen LogP) is 1.56. The highest BCUT2D eigenvalue weighted by Gasteiger charge is 2.16. The molecule has 1 aliphatic heterocycles. The van der Waals surface area contributed by atoms with Gasteiger partial charge in [0.15, 0.2) is 0 Å². The van der Waals surface area contributed by atoms with Gasteiger partial charge in [-0.15, -0.1) is 5.10 Å². The van der Waals surface area contributed by atoms with Gasteiger partial charge < -0.3 is 10.2 Å². The van der Waals surface area contributed by atoms with E-state index in [2.05, 4.69) is 32.6 Å². The quantitative estimate of drug-likeness (QED) is 0.906. The summed E-state index contributed by atoms with van der Waals surface area (Å²) in [4.78, 5) is 6.64. The molecule has 1 N–H and O–H groups in total. The van der Waals surface area contributed by atoms with Gasteiger partial charge >= 0.3 is 0 Å². The van der Waals surface area contributed by atoms with Crippen molar-refractivity contribution in [1.82, 2.24) is 30.2 Å². The number of pyridine rings is 1. The first-order valence-electron chi connectivity index (χ1n) is 7.60. The first-order chi connectivity index (χ1) is 10.7. The zero-order chi connectivity index (χ0) is 15.4. The molecule has 22 heavy (non-hydrogen) atoms. The standard InChI is InChI=1S/C15H21ClN6/c1-21-6-4-13(5-7-21)18-9-15-11-22(20-19-15)10-14-3-2-12(16)8-17-14/h2-3,8,11,13,18H,4-7,9-10H2,1H3. The Hall–Kier alpha value is -1.50. The highest BCUT2D eigenvalue weighted by atomic mass is 35.5. The molecule has 0 atom stereocenters. The van der Waals surface area contributed by atoms with Gasteiger partial charge in [0, 0.05) is 18.8 Å². The van der Waals surface area contributed by atoms with Crippen LogP contribution in [0.2, 0.25) is 5.02 Å². The molecule has 0 saturated carbocycles. The zero-order valence-electron chi connectivity index (χ0n) is 12.7. The van der Waals surface area contributed by atoms with E-state index < -0.39 is 0 Å². The topological polar surface area (TPSA) is 58.9 Å². The fraction of sp³-hybridized carbons (Fsp3) is 0.533. The summed E-state index contributed by atoms with van der Waals surface area (Å²) in [7, 11) is 2.17. The Balaban J connectivity index is 1.49. The summed E-state index contributed by atoms with van der Waals surface area (Å²) in [6.07, 6.45) is 6.01. The molecule has 1 aliphatic rings. The van der Waals surface area contributed by atoms with Gasteiger partial charge in [0.2, 0.25) is 0 Å². The van der Waals surface area contributed by atoms with Gasteiger partial charge in [-0.05, 0) is 45.1 Å². The van der Waals surface area contributed by atoms with E-state index in [9.17, 15) is 0 Å². The molecule has 2 aromatic heterocycles. The Morgan fingerprint density at radius 3 is 2.82 bits per heavy atom. The maximum absolute atomic E-state index is 5.83. The second-order valence-corrected chi connectivity index (χ2v) is 6.27. The number of nitrogens with zero attached hydrogens (tertiary/aromatic N) is 5. The molecule has 6 nitrogen and oxygen atoms in total. The minimum Gasteiger partial charge on any atom is -0.308 e. The lowest BCUT2D eigenvalue weighted by Crippen LogP contribution is -2.40. The maximum atomic E-state index is 5.83. The first-order valence-corrected chi connectivity index (χ1v) is 7.98. The number of hydrogen-bond acceptors (Lipinski definition) is 5. The van der Waals surface area contributed by atoms with Gasteiger partial charge in [-0.3, -0.25) is 4.98 Å². The van der Waals surface area contributed by atoms with E-state index in [1.54, 1.807) is 6.20 Å². The Kier molecular flexibility index (Phi) is 5.02. The fourth-order valence-corrected chi connectivity index (χ4v) is 2.74. The normalized spacial score (nSPS) is 17.0. The molecule has 0 aromatic carbocycles. The number of aromatic nitrogens is 4. The monoisotopic (exact) mass is 320 g/mol. The van der Waals surface area contributed by atoms with Crippen LogP contribution in [0.25, 0.3) is 0 Å². The molecule has 7 heteroatoms. The maximum Gasteiger partial charge on any atom is 0.0965 e. The fourth-order valence-electron chi connectivity index (χ4n) is 2.62. The molecule has 0 aliphatic carbocycles. The van der Waals surface area contributed by atoms with E-state index >= 15 is 0 Å². The van der Waals surface area contributed by atoms with Crippen LogP contribution >= 0.6 is 11.6 Å². The van der Waals surface area contributed by atoms with Crippen LogP contribution in [-0.2, 0) is 13.1 Å². The first kappa shape index (κ1) is 15.4. The van der Waals surface area contributed by atoms with Crippen molar-refractivity contribution in [2.45, 2.75) is 32.0 Å². The van der Waals surface area contributed by atoms with Crippen molar-refractivity contribution in [3.8, 4) is 0 Å². The summed E-state index contributed by atoms with van der Waals surface area (Å²) in [5.41, 5.74) is 1.89. The summed E-state index contributed by atoms with van der Waals surface area (Å²) in [5.74, 6) is 0. The van der Waals surface area contributed by atoms with Crippen LogP contribution in [0.4, 0.5) is 0 Å². The molecular weight excluding hydrogens is 300 g/mol. The predicted molar refractivity (Wildman–Crippen MR) is 85.7 cm³/mol. The molecule has 0 radical (unpaired) electrons. The number of rotatable bonds is 5. The summed E-state index contributed by atoms with van der Waals surface area (Å²) >= 11 is 5.83. The number of piperidine rings is 1. The number of likely N-dealkylation sites (tertiary alicyclic amines) is 1. The molecule has 2 aromatic rings. The third-order valence-corrected chi connectivity index (χ3v) is 4.21. The lowest BCUT2D eigenvalue weighted by molar-refractivity contribution is 0.233. The molecule has 3 rings (SSSR count). The van der Waals surface area contributed by atoms with Crippen molar-refractivity contribution < 1.29 is 0 Å². The zero-order valence-corrected chi connectivity index (χ0v) is 13.5. The number of nitrogens with one attached hydrogen (secondary N) is 1. The van der Waals surface area contributed by atoms with Crippen molar-refractivity contribution >= 4 is 11.6 Å². The third-order valence-electron chi connectivity index (χ3n) is 3.99. The van der Waals surface area contributed by atoms with E-state index in [4.69, 9.17) is 11.6 Å². The van der Waals surface area contributed by atoms with Crippen LogP contribution in [0.5, 0.6) is 0 Å². The van der Waals surface area contributed by atoms with Crippen LogP contribution < -0.4 is 5.32 Å². The Bertz CT molecular complexity index is 588. The van der Waals surface area contributed by atoms with Gasteiger partial charge in [-0.25, -0.2) is 4.68 Å². The summed E-state index contributed by atoms with van der Waals surface area (Å²) < 4.78 is 1.81. The minimum atomic E-state index is 0.583. The molecular formula is C15H21ClN6. The van der Waals surface area contributed by atoms with Gasteiger partial charge in [0.25, 0.3) is 0 Å². The lowest BCUT2D eigenvalue weighted by Gasteiger charge is -2.29. The second kappa shape index (κ2) is 7.17. The Morgan fingerprint density at radius 1 is 1.27 bits per heavy atom. The summed E-state index contributed by atoms with van der Waals surface area (Å²) in [6.45, 7) is 3.69. The van der Waals surface area contributed by atoms with Gasteiger partial charge in [-0.1, -0.05) is 16.8 Å². The number of halogens is 1. The van der Waals surface area contributed by atoms with Crippen LogP contribution in [0.15, 0.2) is 24.5 Å². The van der Waals surface area contributed by atoms with Gasteiger partial charge in [0.1, 0.15) is 0 Å². The van der Waals surface area contributed by atoms with Crippen molar-refractivity contribution in [1.29, 1.82) is 0 Å². The van der Waals surface area contributed by atoms with Crippen molar-refractivity contribution in [2.24, 2.45) is 0 Å². The largest absolute Gasteiger partial charge is 0.308 e. The Morgan fingerprint density at radius 2 is 2.09 bits per heavy atom. The van der Waals surface area contributed by atoms with E-state index in [1.165, 1.54) is 12.8 Å².